The van der Waals surface area contributed by atoms with E-state index < -0.39 is 0 Å². The van der Waals surface area contributed by atoms with Crippen LogP contribution in [0.4, 0.5) is 5.69 Å². The number of halogens is 2. The highest BCUT2D eigenvalue weighted by atomic mass is 35.5. The topological polar surface area (TPSA) is 50.1 Å². The van der Waals surface area contributed by atoms with Crippen molar-refractivity contribution in [1.29, 1.82) is 0 Å². The predicted molar refractivity (Wildman–Crippen MR) is 60.0 cm³/mol. The summed E-state index contributed by atoms with van der Waals surface area (Å²) in [5.74, 6) is 5.08. The van der Waals surface area contributed by atoms with Crippen LogP contribution in [-0.2, 0) is 0 Å². The van der Waals surface area contributed by atoms with Crippen molar-refractivity contribution in [2.24, 2.45) is 5.84 Å². The minimum atomic E-state index is 0.282. The molecule has 0 bridgehead atoms. The first-order chi connectivity index (χ1) is 6.15. The molecule has 0 saturated carbocycles. The summed E-state index contributed by atoms with van der Waals surface area (Å²) >= 11 is 16.4. The van der Waals surface area contributed by atoms with E-state index in [0.717, 1.165) is 0 Å². The van der Waals surface area contributed by atoms with Gasteiger partial charge in [0.15, 0.2) is 5.11 Å². The fourth-order valence-electron chi connectivity index (χ4n) is 0.759. The van der Waals surface area contributed by atoms with Gasteiger partial charge >= 0.3 is 0 Å². The van der Waals surface area contributed by atoms with Crippen LogP contribution in [0, 0.1) is 0 Å². The molecule has 0 saturated heterocycles. The molecule has 1 aromatic rings. The third-order valence-corrected chi connectivity index (χ3v) is 2.37. The van der Waals surface area contributed by atoms with Gasteiger partial charge in [-0.25, -0.2) is 5.84 Å². The fourth-order valence-corrected chi connectivity index (χ4v) is 1.22. The van der Waals surface area contributed by atoms with E-state index in [9.17, 15) is 0 Å². The van der Waals surface area contributed by atoms with E-state index in [4.69, 9.17) is 41.3 Å². The maximum Gasteiger partial charge on any atom is 0.185 e. The van der Waals surface area contributed by atoms with E-state index in [2.05, 4.69) is 10.7 Å². The maximum absolute atomic E-state index is 5.87. The van der Waals surface area contributed by atoms with Crippen LogP contribution < -0.4 is 16.6 Å². The number of hydrogen-bond donors (Lipinski definition) is 3. The number of hydrogen-bond acceptors (Lipinski definition) is 2. The molecule has 4 N–H and O–H groups in total. The van der Waals surface area contributed by atoms with E-state index in [1.54, 1.807) is 18.2 Å². The highest BCUT2D eigenvalue weighted by molar-refractivity contribution is 7.80. The quantitative estimate of drug-likeness (QED) is 0.397. The van der Waals surface area contributed by atoms with Crippen molar-refractivity contribution < 1.29 is 0 Å². The lowest BCUT2D eigenvalue weighted by Gasteiger charge is -2.08. The van der Waals surface area contributed by atoms with E-state index >= 15 is 0 Å². The van der Waals surface area contributed by atoms with Crippen molar-refractivity contribution in [2.75, 3.05) is 5.32 Å². The van der Waals surface area contributed by atoms with Crippen molar-refractivity contribution in [2.45, 2.75) is 0 Å². The van der Waals surface area contributed by atoms with Gasteiger partial charge in [0.1, 0.15) is 0 Å². The Kier molecular flexibility index (Phi) is 3.74. The minimum Gasteiger partial charge on any atom is -0.330 e. The van der Waals surface area contributed by atoms with Crippen LogP contribution in [0.1, 0.15) is 0 Å². The zero-order valence-electron chi connectivity index (χ0n) is 6.47. The summed E-state index contributed by atoms with van der Waals surface area (Å²) in [5, 5.41) is 3.94. The first-order valence-corrected chi connectivity index (χ1v) is 4.53. The van der Waals surface area contributed by atoms with Crippen molar-refractivity contribution in [3.05, 3.63) is 28.2 Å². The molecule has 0 fully saturated rings. The zero-order chi connectivity index (χ0) is 9.84. The molecule has 0 amide bonds. The van der Waals surface area contributed by atoms with Crippen LogP contribution in [-0.4, -0.2) is 5.11 Å². The molecule has 0 spiro atoms. The third-order valence-electron chi connectivity index (χ3n) is 1.33. The van der Waals surface area contributed by atoms with Gasteiger partial charge in [-0.2, -0.15) is 0 Å². The third kappa shape index (κ3) is 2.70. The standard InChI is InChI=1S/C7H7Cl2N3S/c8-4-2-1-3-5(6(4)9)11-7(13)12-10/h1-3H,10H2,(H2,11,12,13). The fraction of sp³-hybridized carbons (Fsp3) is 0. The van der Waals surface area contributed by atoms with Crippen LogP contribution in [0.3, 0.4) is 0 Å². The molecule has 1 rings (SSSR count). The molecule has 0 heterocycles. The average molecular weight is 236 g/mol. The van der Waals surface area contributed by atoms with Crippen LogP contribution >= 0.6 is 35.4 Å². The normalized spacial score (nSPS) is 9.46. The van der Waals surface area contributed by atoms with Crippen molar-refractivity contribution in [1.82, 2.24) is 5.43 Å². The van der Waals surface area contributed by atoms with E-state index in [0.29, 0.717) is 15.7 Å². The van der Waals surface area contributed by atoms with Gasteiger partial charge in [0.2, 0.25) is 0 Å². The number of hydrazine groups is 1. The molecule has 0 aromatic heterocycles. The van der Waals surface area contributed by atoms with Gasteiger partial charge in [0.25, 0.3) is 0 Å². The monoisotopic (exact) mass is 235 g/mol. The summed E-state index contributed by atoms with van der Waals surface area (Å²) < 4.78 is 0. The first-order valence-electron chi connectivity index (χ1n) is 3.36. The Bertz CT molecular complexity index is 330. The number of nitrogens with two attached hydrogens (primary N) is 1. The summed E-state index contributed by atoms with van der Waals surface area (Å²) in [6, 6.07) is 5.20. The lowest BCUT2D eigenvalue weighted by Crippen LogP contribution is -2.34. The van der Waals surface area contributed by atoms with Crippen LogP contribution in [0.2, 0.25) is 10.0 Å². The Morgan fingerprint density at radius 2 is 2.08 bits per heavy atom. The Morgan fingerprint density at radius 1 is 1.38 bits per heavy atom. The summed E-state index contributed by atoms with van der Waals surface area (Å²) in [4.78, 5) is 0. The number of thiocarbonyl (C=S) groups is 1. The molecule has 0 atom stereocenters. The lowest BCUT2D eigenvalue weighted by atomic mass is 10.3. The summed E-state index contributed by atoms with van der Waals surface area (Å²) in [6.45, 7) is 0. The highest BCUT2D eigenvalue weighted by Gasteiger charge is 2.04. The second kappa shape index (κ2) is 4.62. The van der Waals surface area contributed by atoms with Gasteiger partial charge in [-0.1, -0.05) is 29.3 Å². The molecule has 0 radical (unpaired) electrons. The Morgan fingerprint density at radius 3 is 2.69 bits per heavy atom. The molecule has 70 valence electrons. The molecule has 0 aliphatic carbocycles. The van der Waals surface area contributed by atoms with Gasteiger partial charge in [-0.05, 0) is 24.4 Å². The first kappa shape index (κ1) is 10.5. The van der Waals surface area contributed by atoms with Gasteiger partial charge in [0.05, 0.1) is 15.7 Å². The molecule has 3 nitrogen and oxygen atoms in total. The second-order valence-corrected chi connectivity index (χ2v) is 3.39. The van der Waals surface area contributed by atoms with Crippen molar-refractivity contribution in [3.8, 4) is 0 Å². The Labute approximate surface area is 91.2 Å². The molecular formula is C7H7Cl2N3S. The van der Waals surface area contributed by atoms with Crippen molar-refractivity contribution in [3.63, 3.8) is 0 Å². The maximum atomic E-state index is 5.87. The molecule has 13 heavy (non-hydrogen) atoms. The minimum absolute atomic E-state index is 0.282. The number of benzene rings is 1. The number of rotatable bonds is 1. The number of anilines is 1. The molecule has 1 aromatic carbocycles. The second-order valence-electron chi connectivity index (χ2n) is 2.20. The predicted octanol–water partition coefficient (Wildman–Crippen LogP) is 2.15. The molecular weight excluding hydrogens is 229 g/mol. The summed E-state index contributed by atoms with van der Waals surface area (Å²) in [6.07, 6.45) is 0. The van der Waals surface area contributed by atoms with Gasteiger partial charge in [-0.3, -0.25) is 0 Å². The van der Waals surface area contributed by atoms with E-state index in [1.807, 2.05) is 0 Å². The molecule has 0 unspecified atom stereocenters. The Balaban J connectivity index is 2.89. The summed E-state index contributed by atoms with van der Waals surface area (Å²) in [5.41, 5.74) is 2.90. The molecule has 0 aliphatic rings. The lowest BCUT2D eigenvalue weighted by molar-refractivity contribution is 1.04. The molecule has 6 heteroatoms. The highest BCUT2D eigenvalue weighted by Crippen LogP contribution is 2.29. The average Bonchev–Trinajstić information content (AvgIpc) is 2.13. The van der Waals surface area contributed by atoms with Gasteiger partial charge in [-0.15, -0.1) is 0 Å². The van der Waals surface area contributed by atoms with Crippen LogP contribution in [0.25, 0.3) is 0 Å². The molecule has 0 aliphatic heterocycles. The van der Waals surface area contributed by atoms with Gasteiger partial charge < -0.3 is 10.7 Å². The zero-order valence-corrected chi connectivity index (χ0v) is 8.80. The summed E-state index contributed by atoms with van der Waals surface area (Å²) in [7, 11) is 0. The Hall–Kier alpha value is -0.550. The largest absolute Gasteiger partial charge is 0.330 e. The number of nitrogens with one attached hydrogen (secondary N) is 2. The van der Waals surface area contributed by atoms with E-state index in [1.165, 1.54) is 0 Å². The van der Waals surface area contributed by atoms with E-state index in [-0.39, 0.29) is 5.11 Å². The van der Waals surface area contributed by atoms with Crippen molar-refractivity contribution >= 4 is 46.2 Å². The van der Waals surface area contributed by atoms with Crippen LogP contribution in [0.5, 0.6) is 0 Å². The van der Waals surface area contributed by atoms with Gasteiger partial charge in [0, 0.05) is 0 Å². The smallest absolute Gasteiger partial charge is 0.185 e. The van der Waals surface area contributed by atoms with Crippen LogP contribution in [0.15, 0.2) is 18.2 Å². The SMILES string of the molecule is NNC(=S)Nc1cccc(Cl)c1Cl.